The lowest BCUT2D eigenvalue weighted by Gasteiger charge is -2.34. The average molecular weight is 645 g/mol. The number of hydrogen-bond acceptors (Lipinski definition) is 4. The molecule has 0 fully saturated rings. The first-order valence-electron chi connectivity index (χ1n) is 12.4. The Hall–Kier alpha value is -2.49. The Morgan fingerprint density at radius 3 is 2.10 bits per heavy atom. The summed E-state index contributed by atoms with van der Waals surface area (Å²) < 4.78 is 28.6. The summed E-state index contributed by atoms with van der Waals surface area (Å²) >= 11 is 25.1. The molecule has 0 saturated heterocycles. The lowest BCUT2D eigenvalue weighted by Crippen LogP contribution is -2.53. The molecule has 1 atom stereocenters. The highest BCUT2D eigenvalue weighted by atomic mass is 35.5. The summed E-state index contributed by atoms with van der Waals surface area (Å²) in [6.45, 7) is 4.65. The van der Waals surface area contributed by atoms with Gasteiger partial charge in [-0.05, 0) is 68.3 Å². The second kappa shape index (κ2) is 13.9. The van der Waals surface area contributed by atoms with E-state index < -0.39 is 28.5 Å². The van der Waals surface area contributed by atoms with Crippen LogP contribution < -0.4 is 9.62 Å². The van der Waals surface area contributed by atoms with Crippen LogP contribution in [0.2, 0.25) is 20.1 Å². The van der Waals surface area contributed by atoms with E-state index in [9.17, 15) is 18.0 Å². The van der Waals surface area contributed by atoms with Gasteiger partial charge in [0, 0.05) is 27.7 Å². The highest BCUT2D eigenvalue weighted by Crippen LogP contribution is 2.33. The van der Waals surface area contributed by atoms with Gasteiger partial charge >= 0.3 is 0 Å². The highest BCUT2D eigenvalue weighted by Gasteiger charge is 2.34. The maximum atomic E-state index is 14.1. The van der Waals surface area contributed by atoms with Crippen molar-refractivity contribution < 1.29 is 18.0 Å². The molecule has 7 nitrogen and oxygen atoms in total. The van der Waals surface area contributed by atoms with Gasteiger partial charge in [-0.25, -0.2) is 8.42 Å². The standard InChI is InChI=1S/C28H29Cl4N3O4S/c1-4-25(28(37)33-18(2)3)34(16-19-10-11-20(29)14-24(19)32)27(36)17-35(26-15-21(30)12-13-23(26)31)40(38,39)22-8-6-5-7-9-22/h5-15,18,25H,4,16-17H2,1-3H3,(H,33,37)/t25-/m0/s1. The first-order valence-corrected chi connectivity index (χ1v) is 15.4. The number of halogens is 4. The number of carbonyl (C=O) groups is 2. The zero-order chi connectivity index (χ0) is 29.6. The number of sulfonamides is 1. The van der Waals surface area contributed by atoms with Crippen molar-refractivity contribution in [1.82, 2.24) is 10.2 Å². The first-order chi connectivity index (χ1) is 18.8. The molecule has 214 valence electrons. The zero-order valence-electron chi connectivity index (χ0n) is 22.1. The van der Waals surface area contributed by atoms with Crippen LogP contribution in [-0.2, 0) is 26.2 Å². The largest absolute Gasteiger partial charge is 0.352 e. The minimum absolute atomic E-state index is 0.0236. The minimum atomic E-state index is -4.28. The van der Waals surface area contributed by atoms with E-state index in [1.807, 2.05) is 13.8 Å². The van der Waals surface area contributed by atoms with Crippen molar-refractivity contribution in [2.24, 2.45) is 0 Å². The number of hydrogen-bond donors (Lipinski definition) is 1. The summed E-state index contributed by atoms with van der Waals surface area (Å²) in [5.74, 6) is -1.03. The molecule has 3 aromatic rings. The van der Waals surface area contributed by atoms with Crippen molar-refractivity contribution in [3.05, 3.63) is 92.4 Å². The van der Waals surface area contributed by atoms with Crippen molar-refractivity contribution in [3.63, 3.8) is 0 Å². The van der Waals surface area contributed by atoms with Crippen molar-refractivity contribution in [2.45, 2.75) is 50.7 Å². The Labute approximate surface area is 255 Å². The Morgan fingerprint density at radius 2 is 1.50 bits per heavy atom. The number of benzene rings is 3. The number of nitrogens with one attached hydrogen (secondary N) is 1. The second-order valence-corrected chi connectivity index (χ2v) is 12.8. The number of carbonyl (C=O) groups excluding carboxylic acids is 2. The van der Waals surface area contributed by atoms with Gasteiger partial charge in [-0.2, -0.15) is 0 Å². The topological polar surface area (TPSA) is 86.8 Å². The Morgan fingerprint density at radius 1 is 0.875 bits per heavy atom. The van der Waals surface area contributed by atoms with E-state index in [-0.39, 0.29) is 45.5 Å². The number of nitrogens with zero attached hydrogens (tertiary/aromatic N) is 2. The fourth-order valence-electron chi connectivity index (χ4n) is 4.04. The molecule has 0 radical (unpaired) electrons. The Bertz CT molecular complexity index is 1470. The first kappa shape index (κ1) is 32.0. The zero-order valence-corrected chi connectivity index (χ0v) is 25.9. The van der Waals surface area contributed by atoms with Gasteiger partial charge in [0.15, 0.2) is 0 Å². The van der Waals surface area contributed by atoms with E-state index in [2.05, 4.69) is 5.32 Å². The van der Waals surface area contributed by atoms with E-state index in [0.717, 1.165) is 4.31 Å². The number of rotatable bonds is 11. The molecule has 0 aliphatic heterocycles. The van der Waals surface area contributed by atoms with Crippen LogP contribution in [0.5, 0.6) is 0 Å². The van der Waals surface area contributed by atoms with E-state index >= 15 is 0 Å². The van der Waals surface area contributed by atoms with E-state index in [1.54, 1.807) is 37.3 Å². The van der Waals surface area contributed by atoms with Crippen LogP contribution in [0.15, 0.2) is 71.6 Å². The van der Waals surface area contributed by atoms with E-state index in [0.29, 0.717) is 15.6 Å². The van der Waals surface area contributed by atoms with Gasteiger partial charge in [-0.3, -0.25) is 13.9 Å². The molecule has 0 saturated carbocycles. The molecule has 12 heteroatoms. The maximum Gasteiger partial charge on any atom is 0.264 e. The van der Waals surface area contributed by atoms with E-state index in [4.69, 9.17) is 46.4 Å². The summed E-state index contributed by atoms with van der Waals surface area (Å²) in [4.78, 5) is 28.5. The van der Waals surface area contributed by atoms with Crippen LogP contribution in [0.3, 0.4) is 0 Å². The molecule has 0 spiro atoms. The van der Waals surface area contributed by atoms with Crippen molar-refractivity contribution in [2.75, 3.05) is 10.8 Å². The molecule has 0 heterocycles. The number of amides is 2. The fraction of sp³-hybridized carbons (Fsp3) is 0.286. The molecule has 0 bridgehead atoms. The van der Waals surface area contributed by atoms with Crippen LogP contribution in [0.4, 0.5) is 5.69 Å². The Balaban J connectivity index is 2.12. The predicted molar refractivity (Wildman–Crippen MR) is 162 cm³/mol. The summed E-state index contributed by atoms with van der Waals surface area (Å²) in [7, 11) is -4.28. The molecule has 1 N–H and O–H groups in total. The molecule has 0 aliphatic rings. The molecule has 2 amide bonds. The quantitative estimate of drug-likeness (QED) is 0.248. The molecule has 3 aromatic carbocycles. The molecule has 3 rings (SSSR count). The normalized spacial score (nSPS) is 12.2. The predicted octanol–water partition coefficient (Wildman–Crippen LogP) is 6.83. The highest BCUT2D eigenvalue weighted by molar-refractivity contribution is 7.92. The third-order valence-electron chi connectivity index (χ3n) is 5.96. The summed E-state index contributed by atoms with van der Waals surface area (Å²) in [5.41, 5.74) is 0.559. The molecule has 40 heavy (non-hydrogen) atoms. The maximum absolute atomic E-state index is 14.1. The molecular formula is C28H29Cl4N3O4S. The third kappa shape index (κ3) is 7.83. The summed E-state index contributed by atoms with van der Waals surface area (Å²) in [6, 6.07) is 15.7. The lowest BCUT2D eigenvalue weighted by molar-refractivity contribution is -0.140. The van der Waals surface area contributed by atoms with Crippen molar-refractivity contribution in [1.29, 1.82) is 0 Å². The van der Waals surface area contributed by atoms with Crippen molar-refractivity contribution >= 4 is 73.9 Å². The van der Waals surface area contributed by atoms with Crippen molar-refractivity contribution in [3.8, 4) is 0 Å². The van der Waals surface area contributed by atoms with E-state index in [1.165, 1.54) is 41.3 Å². The summed E-state index contributed by atoms with van der Waals surface area (Å²) in [5, 5.41) is 3.86. The number of anilines is 1. The molecule has 0 aliphatic carbocycles. The smallest absolute Gasteiger partial charge is 0.264 e. The van der Waals surface area contributed by atoms with Gasteiger partial charge in [0.1, 0.15) is 12.6 Å². The third-order valence-corrected chi connectivity index (χ3v) is 8.88. The van der Waals surface area contributed by atoms with Gasteiger partial charge in [0.05, 0.1) is 15.6 Å². The van der Waals surface area contributed by atoms with Gasteiger partial charge in [0.2, 0.25) is 11.8 Å². The van der Waals surface area contributed by atoms with Gasteiger partial charge in [0.25, 0.3) is 10.0 Å². The summed E-state index contributed by atoms with van der Waals surface area (Å²) in [6.07, 6.45) is 0.263. The molecule has 0 aromatic heterocycles. The lowest BCUT2D eigenvalue weighted by atomic mass is 10.1. The van der Waals surface area contributed by atoms with Crippen LogP contribution in [-0.4, -0.2) is 43.8 Å². The van der Waals surface area contributed by atoms with Crippen LogP contribution in [0.25, 0.3) is 0 Å². The average Bonchev–Trinajstić information content (AvgIpc) is 2.89. The minimum Gasteiger partial charge on any atom is -0.352 e. The molecule has 0 unspecified atom stereocenters. The van der Waals surface area contributed by atoms with Crippen LogP contribution >= 0.6 is 46.4 Å². The van der Waals surface area contributed by atoms with Gasteiger partial charge in [-0.15, -0.1) is 0 Å². The monoisotopic (exact) mass is 643 g/mol. The fourth-order valence-corrected chi connectivity index (χ4v) is 6.39. The second-order valence-electron chi connectivity index (χ2n) is 9.27. The van der Waals surface area contributed by atoms with Crippen LogP contribution in [0, 0.1) is 0 Å². The van der Waals surface area contributed by atoms with Gasteiger partial charge in [-0.1, -0.05) is 77.6 Å². The molecular weight excluding hydrogens is 616 g/mol. The van der Waals surface area contributed by atoms with Gasteiger partial charge < -0.3 is 10.2 Å². The SMILES string of the molecule is CC[C@@H](C(=O)NC(C)C)N(Cc1ccc(Cl)cc1Cl)C(=O)CN(c1cc(Cl)ccc1Cl)S(=O)(=O)c1ccccc1. The van der Waals surface area contributed by atoms with Crippen LogP contribution in [0.1, 0.15) is 32.8 Å². The Kier molecular flexibility index (Phi) is 11.1.